The molecule has 4 heteroatoms. The Hall–Kier alpha value is -1.52. The molecule has 1 unspecified atom stereocenters. The number of hydrogen-bond donors (Lipinski definition) is 2. The topological polar surface area (TPSA) is 59.1 Å². The van der Waals surface area contributed by atoms with Crippen molar-refractivity contribution < 1.29 is 5.11 Å². The van der Waals surface area contributed by atoms with Gasteiger partial charge in [0.15, 0.2) is 0 Å². The van der Waals surface area contributed by atoms with Crippen LogP contribution in [0.25, 0.3) is 0 Å². The van der Waals surface area contributed by atoms with Crippen LogP contribution in [0, 0.1) is 0 Å². The number of nitrogens with two attached hydrogens (primary N) is 1. The summed E-state index contributed by atoms with van der Waals surface area (Å²) in [7, 11) is 0. The van der Waals surface area contributed by atoms with Gasteiger partial charge < -0.3 is 10.8 Å². The molecule has 94 valence electrons. The van der Waals surface area contributed by atoms with Crippen molar-refractivity contribution in [3.05, 3.63) is 54.2 Å². The van der Waals surface area contributed by atoms with Crippen LogP contribution >= 0.6 is 11.8 Å². The Morgan fingerprint density at radius 2 is 1.94 bits per heavy atom. The van der Waals surface area contributed by atoms with E-state index in [1.807, 2.05) is 43.3 Å². The normalized spacial score (nSPS) is 14.1. The molecular weight excluding hydrogens is 244 g/mol. The molecule has 18 heavy (non-hydrogen) atoms. The Kier molecular flexibility index (Phi) is 3.89. The van der Waals surface area contributed by atoms with Crippen LogP contribution in [0.15, 0.2) is 53.6 Å². The van der Waals surface area contributed by atoms with Gasteiger partial charge in [-0.15, -0.1) is 11.8 Å². The van der Waals surface area contributed by atoms with Gasteiger partial charge >= 0.3 is 0 Å². The van der Waals surface area contributed by atoms with Gasteiger partial charge in [-0.05, 0) is 24.6 Å². The van der Waals surface area contributed by atoms with Crippen molar-refractivity contribution in [1.29, 1.82) is 0 Å². The molecule has 0 spiro atoms. The van der Waals surface area contributed by atoms with E-state index < -0.39 is 5.60 Å². The lowest BCUT2D eigenvalue weighted by molar-refractivity contribution is 0.0839. The SMILES string of the molecule is CC(O)(CSc1ccc(N)nc1)c1ccccc1. The number of aliphatic hydroxyl groups is 1. The smallest absolute Gasteiger partial charge is 0.123 e. The molecule has 0 aliphatic heterocycles. The second kappa shape index (κ2) is 5.42. The van der Waals surface area contributed by atoms with E-state index in [0.717, 1.165) is 10.5 Å². The molecule has 0 radical (unpaired) electrons. The van der Waals surface area contributed by atoms with Crippen molar-refractivity contribution in [2.24, 2.45) is 0 Å². The molecule has 1 atom stereocenters. The van der Waals surface area contributed by atoms with Gasteiger partial charge in [0.05, 0.1) is 5.60 Å². The van der Waals surface area contributed by atoms with Crippen LogP contribution in [0.1, 0.15) is 12.5 Å². The third kappa shape index (κ3) is 3.24. The summed E-state index contributed by atoms with van der Waals surface area (Å²) in [6.45, 7) is 1.82. The average Bonchev–Trinajstić information content (AvgIpc) is 2.39. The number of thioether (sulfide) groups is 1. The molecule has 2 aromatic rings. The third-order valence-electron chi connectivity index (χ3n) is 2.67. The minimum absolute atomic E-state index is 0.508. The van der Waals surface area contributed by atoms with E-state index in [-0.39, 0.29) is 0 Å². The minimum Gasteiger partial charge on any atom is -0.385 e. The Morgan fingerprint density at radius 1 is 1.22 bits per heavy atom. The van der Waals surface area contributed by atoms with Crippen molar-refractivity contribution in [2.75, 3.05) is 11.5 Å². The maximum absolute atomic E-state index is 10.4. The van der Waals surface area contributed by atoms with Gasteiger partial charge in [0.2, 0.25) is 0 Å². The lowest BCUT2D eigenvalue weighted by atomic mass is 9.99. The van der Waals surface area contributed by atoms with E-state index in [9.17, 15) is 5.11 Å². The highest BCUT2D eigenvalue weighted by molar-refractivity contribution is 7.99. The fourth-order valence-corrected chi connectivity index (χ4v) is 2.49. The minimum atomic E-state index is -0.854. The highest BCUT2D eigenvalue weighted by Gasteiger charge is 2.22. The first-order valence-corrected chi connectivity index (χ1v) is 6.69. The molecule has 0 bridgehead atoms. The standard InChI is InChI=1S/C14H16N2OS/c1-14(17,11-5-3-2-4-6-11)10-18-12-7-8-13(15)16-9-12/h2-9,17H,10H2,1H3,(H2,15,16). The summed E-state index contributed by atoms with van der Waals surface area (Å²) in [5.74, 6) is 1.08. The average molecular weight is 260 g/mol. The summed E-state index contributed by atoms with van der Waals surface area (Å²) in [5, 5.41) is 10.4. The van der Waals surface area contributed by atoms with Gasteiger partial charge in [0.1, 0.15) is 5.82 Å². The lowest BCUT2D eigenvalue weighted by Gasteiger charge is -2.23. The second-order valence-electron chi connectivity index (χ2n) is 4.35. The molecule has 0 amide bonds. The van der Waals surface area contributed by atoms with Crippen molar-refractivity contribution >= 4 is 17.6 Å². The molecule has 3 nitrogen and oxygen atoms in total. The summed E-state index contributed by atoms with van der Waals surface area (Å²) in [4.78, 5) is 5.03. The quantitative estimate of drug-likeness (QED) is 0.830. The van der Waals surface area contributed by atoms with Crippen LogP contribution in [0.2, 0.25) is 0 Å². The molecule has 0 saturated carbocycles. The van der Waals surface area contributed by atoms with E-state index in [2.05, 4.69) is 4.98 Å². The van der Waals surface area contributed by atoms with Crippen molar-refractivity contribution in [1.82, 2.24) is 4.98 Å². The van der Waals surface area contributed by atoms with Crippen molar-refractivity contribution in [2.45, 2.75) is 17.4 Å². The summed E-state index contributed by atoms with van der Waals surface area (Å²) in [6, 6.07) is 13.3. The Bertz CT molecular complexity index is 497. The first-order valence-electron chi connectivity index (χ1n) is 5.70. The highest BCUT2D eigenvalue weighted by atomic mass is 32.2. The Balaban J connectivity index is 2.03. The molecule has 1 aromatic heterocycles. The number of pyridine rings is 1. The zero-order valence-corrected chi connectivity index (χ0v) is 11.0. The number of aromatic nitrogens is 1. The molecule has 3 N–H and O–H groups in total. The van der Waals surface area contributed by atoms with Crippen LogP contribution in [0.3, 0.4) is 0 Å². The van der Waals surface area contributed by atoms with Crippen LogP contribution in [-0.4, -0.2) is 15.8 Å². The number of anilines is 1. The Labute approximate surface area is 111 Å². The molecule has 0 aliphatic rings. The van der Waals surface area contributed by atoms with E-state index in [1.54, 1.807) is 24.0 Å². The van der Waals surface area contributed by atoms with Crippen LogP contribution in [0.4, 0.5) is 5.82 Å². The van der Waals surface area contributed by atoms with E-state index in [1.165, 1.54) is 0 Å². The largest absolute Gasteiger partial charge is 0.385 e. The molecule has 2 rings (SSSR count). The molecule has 0 aliphatic carbocycles. The zero-order valence-electron chi connectivity index (χ0n) is 10.2. The van der Waals surface area contributed by atoms with Crippen LogP contribution in [0.5, 0.6) is 0 Å². The summed E-state index contributed by atoms with van der Waals surface area (Å²) < 4.78 is 0. The highest BCUT2D eigenvalue weighted by Crippen LogP contribution is 2.29. The van der Waals surface area contributed by atoms with Crippen LogP contribution < -0.4 is 5.73 Å². The second-order valence-corrected chi connectivity index (χ2v) is 5.40. The first kappa shape index (κ1) is 12.9. The van der Waals surface area contributed by atoms with Crippen molar-refractivity contribution in [3.63, 3.8) is 0 Å². The predicted molar refractivity (Wildman–Crippen MR) is 75.4 cm³/mol. The maximum atomic E-state index is 10.4. The monoisotopic (exact) mass is 260 g/mol. The maximum Gasteiger partial charge on any atom is 0.123 e. The fourth-order valence-electron chi connectivity index (χ4n) is 1.58. The predicted octanol–water partition coefficient (Wildman–Crippen LogP) is 2.66. The number of nitrogen functional groups attached to an aromatic ring is 1. The molecule has 0 saturated heterocycles. The molecule has 1 heterocycles. The summed E-state index contributed by atoms with van der Waals surface area (Å²) in [6.07, 6.45) is 1.72. The Morgan fingerprint density at radius 3 is 2.56 bits per heavy atom. The first-order chi connectivity index (χ1) is 8.58. The van der Waals surface area contributed by atoms with Gasteiger partial charge in [0.25, 0.3) is 0 Å². The number of benzene rings is 1. The number of rotatable bonds is 4. The van der Waals surface area contributed by atoms with E-state index in [0.29, 0.717) is 11.6 Å². The van der Waals surface area contributed by atoms with Gasteiger partial charge in [-0.1, -0.05) is 30.3 Å². The fraction of sp³-hybridized carbons (Fsp3) is 0.214. The van der Waals surface area contributed by atoms with Gasteiger partial charge in [-0.25, -0.2) is 4.98 Å². The summed E-state index contributed by atoms with van der Waals surface area (Å²) in [5.41, 5.74) is 5.59. The molecule has 1 aromatic carbocycles. The van der Waals surface area contributed by atoms with Crippen molar-refractivity contribution in [3.8, 4) is 0 Å². The number of nitrogens with zero attached hydrogens (tertiary/aromatic N) is 1. The number of hydrogen-bond acceptors (Lipinski definition) is 4. The van der Waals surface area contributed by atoms with Gasteiger partial charge in [-0.3, -0.25) is 0 Å². The van der Waals surface area contributed by atoms with Gasteiger partial charge in [0, 0.05) is 16.8 Å². The third-order valence-corrected chi connectivity index (χ3v) is 3.96. The van der Waals surface area contributed by atoms with Crippen LogP contribution in [-0.2, 0) is 5.60 Å². The van der Waals surface area contributed by atoms with Gasteiger partial charge in [-0.2, -0.15) is 0 Å². The molecular formula is C14H16N2OS. The zero-order chi connectivity index (χ0) is 13.0. The van der Waals surface area contributed by atoms with E-state index in [4.69, 9.17) is 5.73 Å². The van der Waals surface area contributed by atoms with E-state index >= 15 is 0 Å². The lowest BCUT2D eigenvalue weighted by Crippen LogP contribution is -2.24. The summed E-state index contributed by atoms with van der Waals surface area (Å²) >= 11 is 1.56. The molecule has 0 fully saturated rings.